The van der Waals surface area contributed by atoms with E-state index in [9.17, 15) is 8.42 Å². The van der Waals surface area contributed by atoms with E-state index in [0.29, 0.717) is 13.0 Å². The maximum atomic E-state index is 12.5. The van der Waals surface area contributed by atoms with E-state index >= 15 is 0 Å². The Bertz CT molecular complexity index is 557. The zero-order valence-corrected chi connectivity index (χ0v) is 12.8. The molecular weight excluding hydrogens is 336 g/mol. The van der Waals surface area contributed by atoms with Crippen molar-refractivity contribution in [1.82, 2.24) is 4.31 Å². The van der Waals surface area contributed by atoms with Crippen LogP contribution >= 0.6 is 28.1 Å². The summed E-state index contributed by atoms with van der Waals surface area (Å²) in [5, 5.41) is 0. The molecule has 1 unspecified atom stereocenters. The molecule has 0 aliphatic carbocycles. The van der Waals surface area contributed by atoms with Gasteiger partial charge in [-0.1, -0.05) is 28.1 Å². The number of rotatable bonds is 3. The SMILES string of the molecule is NC(=S)C1CCCN1S(=O)(=O)c1ccc(Br)cc1. The van der Waals surface area contributed by atoms with Gasteiger partial charge >= 0.3 is 0 Å². The van der Waals surface area contributed by atoms with Gasteiger partial charge in [-0.3, -0.25) is 0 Å². The molecule has 2 N–H and O–H groups in total. The molecule has 7 heteroatoms. The van der Waals surface area contributed by atoms with Crippen molar-refractivity contribution in [1.29, 1.82) is 0 Å². The van der Waals surface area contributed by atoms with Gasteiger partial charge in [-0.15, -0.1) is 0 Å². The number of thiocarbonyl (C=S) groups is 1. The fraction of sp³-hybridized carbons (Fsp3) is 0.364. The summed E-state index contributed by atoms with van der Waals surface area (Å²) in [6.45, 7) is 0.473. The van der Waals surface area contributed by atoms with Gasteiger partial charge in [0, 0.05) is 11.0 Å². The van der Waals surface area contributed by atoms with Gasteiger partial charge in [-0.2, -0.15) is 4.31 Å². The molecule has 1 fully saturated rings. The van der Waals surface area contributed by atoms with Gasteiger partial charge in [0.2, 0.25) is 10.0 Å². The van der Waals surface area contributed by atoms with Gasteiger partial charge in [0.25, 0.3) is 0 Å². The van der Waals surface area contributed by atoms with Crippen LogP contribution in [-0.4, -0.2) is 30.3 Å². The molecule has 98 valence electrons. The molecule has 0 radical (unpaired) electrons. The average molecular weight is 349 g/mol. The molecule has 0 bridgehead atoms. The van der Waals surface area contributed by atoms with E-state index < -0.39 is 10.0 Å². The maximum Gasteiger partial charge on any atom is 0.243 e. The van der Waals surface area contributed by atoms with Crippen molar-refractivity contribution < 1.29 is 8.42 Å². The van der Waals surface area contributed by atoms with Crippen molar-refractivity contribution in [2.45, 2.75) is 23.8 Å². The summed E-state index contributed by atoms with van der Waals surface area (Å²) in [6, 6.07) is 6.22. The summed E-state index contributed by atoms with van der Waals surface area (Å²) >= 11 is 8.22. The smallest absolute Gasteiger partial charge is 0.243 e. The van der Waals surface area contributed by atoms with Crippen molar-refractivity contribution in [2.75, 3.05) is 6.54 Å². The van der Waals surface area contributed by atoms with E-state index in [1.54, 1.807) is 24.3 Å². The second-order valence-corrected chi connectivity index (χ2v) is 7.41. The van der Waals surface area contributed by atoms with Crippen molar-refractivity contribution in [3.63, 3.8) is 0 Å². The lowest BCUT2D eigenvalue weighted by atomic mass is 10.2. The lowest BCUT2D eigenvalue weighted by molar-refractivity contribution is 0.446. The number of sulfonamides is 1. The first-order valence-electron chi connectivity index (χ1n) is 5.49. The summed E-state index contributed by atoms with van der Waals surface area (Å²) in [4.78, 5) is 0.516. The Hall–Kier alpha value is -0.500. The van der Waals surface area contributed by atoms with Crippen LogP contribution < -0.4 is 5.73 Å². The molecule has 1 heterocycles. The fourth-order valence-corrected chi connectivity index (χ4v) is 4.30. The molecule has 0 amide bonds. The van der Waals surface area contributed by atoms with E-state index in [1.165, 1.54) is 4.31 Å². The number of nitrogens with two attached hydrogens (primary N) is 1. The third-order valence-electron chi connectivity index (χ3n) is 2.95. The topological polar surface area (TPSA) is 63.4 Å². The first kappa shape index (κ1) is 13.9. The third kappa shape index (κ3) is 2.59. The highest BCUT2D eigenvalue weighted by molar-refractivity contribution is 9.10. The van der Waals surface area contributed by atoms with Crippen LogP contribution in [0.1, 0.15) is 12.8 Å². The zero-order chi connectivity index (χ0) is 13.3. The standard InChI is InChI=1S/C11H13BrN2O2S2/c12-8-3-5-9(6-4-8)18(15,16)14-7-1-2-10(14)11(13)17/h3-6,10H,1-2,7H2,(H2,13,17). The normalized spacial score (nSPS) is 21.1. The van der Waals surface area contributed by atoms with E-state index in [-0.39, 0.29) is 15.9 Å². The highest BCUT2D eigenvalue weighted by Crippen LogP contribution is 2.26. The Morgan fingerprint density at radius 3 is 2.56 bits per heavy atom. The lowest BCUT2D eigenvalue weighted by Gasteiger charge is -2.23. The number of nitrogens with zero attached hydrogens (tertiary/aromatic N) is 1. The first-order valence-corrected chi connectivity index (χ1v) is 8.14. The van der Waals surface area contributed by atoms with E-state index in [4.69, 9.17) is 18.0 Å². The van der Waals surface area contributed by atoms with Crippen LogP contribution in [0.5, 0.6) is 0 Å². The maximum absolute atomic E-state index is 12.5. The second kappa shape index (κ2) is 5.24. The largest absolute Gasteiger partial charge is 0.392 e. The molecule has 0 saturated carbocycles. The van der Waals surface area contributed by atoms with Crippen LogP contribution in [0.3, 0.4) is 0 Å². The predicted octanol–water partition coefficient (Wildman–Crippen LogP) is 1.89. The fourth-order valence-electron chi connectivity index (χ4n) is 2.05. The van der Waals surface area contributed by atoms with Gasteiger partial charge < -0.3 is 5.73 Å². The Labute approximate surface area is 120 Å². The third-order valence-corrected chi connectivity index (χ3v) is 5.68. The van der Waals surface area contributed by atoms with Gasteiger partial charge in [0.1, 0.15) is 0 Å². The van der Waals surface area contributed by atoms with Crippen molar-refractivity contribution in [3.8, 4) is 0 Å². The minimum Gasteiger partial charge on any atom is -0.392 e. The summed E-state index contributed by atoms with van der Waals surface area (Å²) in [7, 11) is -3.50. The number of halogens is 1. The minimum absolute atomic E-state index is 0.244. The molecule has 18 heavy (non-hydrogen) atoms. The lowest BCUT2D eigenvalue weighted by Crippen LogP contribution is -2.42. The van der Waals surface area contributed by atoms with Gasteiger partial charge in [0.15, 0.2) is 0 Å². The van der Waals surface area contributed by atoms with Crippen LogP contribution in [0.25, 0.3) is 0 Å². The van der Waals surface area contributed by atoms with Crippen LogP contribution in [-0.2, 0) is 10.0 Å². The van der Waals surface area contributed by atoms with Crippen LogP contribution in [0.2, 0.25) is 0 Å². The highest BCUT2D eigenvalue weighted by Gasteiger charge is 2.36. The van der Waals surface area contributed by atoms with Gasteiger partial charge in [0.05, 0.1) is 15.9 Å². The Kier molecular flexibility index (Phi) is 4.05. The Morgan fingerprint density at radius 1 is 1.39 bits per heavy atom. The minimum atomic E-state index is -3.50. The number of benzene rings is 1. The highest BCUT2D eigenvalue weighted by atomic mass is 79.9. The van der Waals surface area contributed by atoms with Crippen molar-refractivity contribution in [3.05, 3.63) is 28.7 Å². The van der Waals surface area contributed by atoms with Gasteiger partial charge in [-0.25, -0.2) is 8.42 Å². The molecule has 2 rings (SSSR count). The molecule has 1 aromatic rings. The first-order chi connectivity index (χ1) is 8.43. The van der Waals surface area contributed by atoms with Crippen LogP contribution in [0.15, 0.2) is 33.6 Å². The Balaban J connectivity index is 2.36. The van der Waals surface area contributed by atoms with Gasteiger partial charge in [-0.05, 0) is 37.1 Å². The second-order valence-electron chi connectivity index (χ2n) is 4.13. The molecular formula is C11H13BrN2O2S2. The molecule has 1 atom stereocenters. The summed E-state index contributed by atoms with van der Waals surface area (Å²) < 4.78 is 27.2. The zero-order valence-electron chi connectivity index (χ0n) is 9.54. The average Bonchev–Trinajstić information content (AvgIpc) is 2.79. The van der Waals surface area contributed by atoms with Crippen molar-refractivity contribution in [2.24, 2.45) is 5.73 Å². The van der Waals surface area contributed by atoms with E-state index in [1.807, 2.05) is 0 Å². The molecule has 0 aromatic heterocycles. The summed E-state index contributed by atoms with van der Waals surface area (Å²) in [5.74, 6) is 0. The molecule has 4 nitrogen and oxygen atoms in total. The predicted molar refractivity (Wildman–Crippen MR) is 77.8 cm³/mol. The quantitative estimate of drug-likeness (QED) is 0.847. The molecule has 0 spiro atoms. The number of hydrogen-bond donors (Lipinski definition) is 1. The van der Waals surface area contributed by atoms with Crippen LogP contribution in [0, 0.1) is 0 Å². The molecule has 1 saturated heterocycles. The van der Waals surface area contributed by atoms with E-state index in [2.05, 4.69) is 15.9 Å². The van der Waals surface area contributed by atoms with E-state index in [0.717, 1.165) is 10.9 Å². The monoisotopic (exact) mass is 348 g/mol. The van der Waals surface area contributed by atoms with Crippen LogP contribution in [0.4, 0.5) is 0 Å². The molecule has 1 aliphatic heterocycles. The van der Waals surface area contributed by atoms with Crippen molar-refractivity contribution >= 4 is 43.2 Å². The number of hydrogen-bond acceptors (Lipinski definition) is 3. The summed E-state index contributed by atoms with van der Waals surface area (Å²) in [5.41, 5.74) is 5.60. The molecule has 1 aliphatic rings. The summed E-state index contributed by atoms with van der Waals surface area (Å²) in [6.07, 6.45) is 1.49. The Morgan fingerprint density at radius 2 is 2.00 bits per heavy atom. The molecule has 1 aromatic carbocycles.